The van der Waals surface area contributed by atoms with Crippen LogP contribution in [-0.2, 0) is 0 Å². The van der Waals surface area contributed by atoms with E-state index in [4.69, 9.17) is 23.2 Å². The maximum atomic E-state index is 10.1. The minimum absolute atomic E-state index is 0.296. The third kappa shape index (κ3) is 4.87. The van der Waals surface area contributed by atoms with Crippen LogP contribution in [0.1, 0.15) is 51.7 Å². The smallest absolute Gasteiger partial charge is 0.0819 e. The molecule has 0 saturated carbocycles. The minimum Gasteiger partial charge on any atom is -0.388 e. The lowest BCUT2D eigenvalue weighted by molar-refractivity contribution is 0.158. The quantitative estimate of drug-likeness (QED) is 0.796. The van der Waals surface area contributed by atoms with Crippen LogP contribution in [0.25, 0.3) is 0 Å². The molecule has 0 fully saturated rings. The lowest BCUT2D eigenvalue weighted by atomic mass is 9.88. The van der Waals surface area contributed by atoms with E-state index in [0.717, 1.165) is 12.8 Å². The molecule has 1 atom stereocenters. The van der Waals surface area contributed by atoms with Crippen molar-refractivity contribution in [2.45, 2.75) is 46.1 Å². The molecule has 1 nitrogen and oxygen atoms in total. The summed E-state index contributed by atoms with van der Waals surface area (Å²) < 4.78 is 0. The van der Waals surface area contributed by atoms with Crippen LogP contribution < -0.4 is 0 Å². The van der Waals surface area contributed by atoms with Crippen LogP contribution in [0.5, 0.6) is 0 Å². The van der Waals surface area contributed by atoms with Crippen molar-refractivity contribution >= 4 is 23.2 Å². The summed E-state index contributed by atoms with van der Waals surface area (Å²) in [5, 5.41) is 11.2. The average Bonchev–Trinajstić information content (AvgIpc) is 2.15. The number of benzene rings is 1. The first-order valence-corrected chi connectivity index (χ1v) is 6.69. The Morgan fingerprint density at radius 3 is 2.18 bits per heavy atom. The monoisotopic (exact) mass is 274 g/mol. The summed E-state index contributed by atoms with van der Waals surface area (Å²) in [5.74, 6) is 0. The maximum absolute atomic E-state index is 10.1. The summed E-state index contributed by atoms with van der Waals surface area (Å²) in [6.45, 7) is 6.59. The Balaban J connectivity index is 2.61. The van der Waals surface area contributed by atoms with Gasteiger partial charge in [0.2, 0.25) is 0 Å². The van der Waals surface area contributed by atoms with Crippen LogP contribution in [0.15, 0.2) is 18.2 Å². The normalized spacial score (nSPS) is 13.8. The molecule has 0 spiro atoms. The second-order valence-electron chi connectivity index (χ2n) is 5.60. The summed E-state index contributed by atoms with van der Waals surface area (Å²) in [6.07, 6.45) is 2.16. The average molecular weight is 275 g/mol. The second-order valence-corrected chi connectivity index (χ2v) is 6.42. The third-order valence-corrected chi connectivity index (χ3v) is 3.40. The molecule has 0 saturated heterocycles. The number of rotatable bonds is 4. The van der Waals surface area contributed by atoms with Crippen LogP contribution in [0.3, 0.4) is 0 Å². The van der Waals surface area contributed by atoms with E-state index >= 15 is 0 Å². The number of halogens is 2. The molecule has 1 aromatic rings. The number of aliphatic hydroxyl groups excluding tert-OH is 1. The first kappa shape index (κ1) is 14.8. The zero-order valence-corrected chi connectivity index (χ0v) is 12.1. The van der Waals surface area contributed by atoms with Crippen molar-refractivity contribution in [3.63, 3.8) is 0 Å². The fraction of sp³-hybridized carbons (Fsp3) is 0.571. The summed E-state index contributed by atoms with van der Waals surface area (Å²) in [6, 6.07) is 5.31. The van der Waals surface area contributed by atoms with E-state index < -0.39 is 6.10 Å². The van der Waals surface area contributed by atoms with Gasteiger partial charge in [0, 0.05) is 15.6 Å². The Bertz CT molecular complexity index is 349. The molecular formula is C14H20Cl2O. The van der Waals surface area contributed by atoms with Crippen molar-refractivity contribution in [3.8, 4) is 0 Å². The van der Waals surface area contributed by atoms with Crippen molar-refractivity contribution in [2.24, 2.45) is 5.41 Å². The van der Waals surface area contributed by atoms with E-state index in [0.29, 0.717) is 27.4 Å². The molecule has 3 heteroatoms. The first-order valence-electron chi connectivity index (χ1n) is 5.93. The highest BCUT2D eigenvalue weighted by Gasteiger charge is 2.17. The van der Waals surface area contributed by atoms with Gasteiger partial charge in [0.05, 0.1) is 6.10 Å². The predicted octanol–water partition coefficient (Wildman–Crippen LogP) is 5.24. The number of aliphatic hydroxyl groups is 1. The molecule has 1 rings (SSSR count). The molecule has 96 valence electrons. The van der Waals surface area contributed by atoms with Gasteiger partial charge in [-0.2, -0.15) is 0 Å². The van der Waals surface area contributed by atoms with E-state index in [1.54, 1.807) is 18.2 Å². The molecule has 0 bridgehead atoms. The zero-order chi connectivity index (χ0) is 13.1. The largest absolute Gasteiger partial charge is 0.388 e. The molecule has 0 aliphatic rings. The second kappa shape index (κ2) is 6.08. The molecule has 0 heterocycles. The molecule has 1 aromatic carbocycles. The molecule has 0 aromatic heterocycles. The fourth-order valence-corrected chi connectivity index (χ4v) is 2.45. The molecular weight excluding hydrogens is 255 g/mol. The Morgan fingerprint density at radius 2 is 1.71 bits per heavy atom. The summed E-state index contributed by atoms with van der Waals surface area (Å²) in [5.41, 5.74) is 0.953. The summed E-state index contributed by atoms with van der Waals surface area (Å²) in [4.78, 5) is 0. The van der Waals surface area contributed by atoms with Crippen molar-refractivity contribution in [2.75, 3.05) is 0 Å². The van der Waals surface area contributed by atoms with Gasteiger partial charge in [-0.1, -0.05) is 56.5 Å². The van der Waals surface area contributed by atoms with Crippen LogP contribution >= 0.6 is 23.2 Å². The SMILES string of the molecule is CC(C)(C)CCCC(O)c1c(Cl)cccc1Cl. The minimum atomic E-state index is -0.571. The Kier molecular flexibility index (Phi) is 5.30. The molecule has 0 aliphatic carbocycles. The van der Waals surface area contributed by atoms with Gasteiger partial charge in [-0.3, -0.25) is 0 Å². The Labute approximate surface area is 114 Å². The van der Waals surface area contributed by atoms with Gasteiger partial charge in [-0.25, -0.2) is 0 Å². The van der Waals surface area contributed by atoms with Crippen LogP contribution in [0, 0.1) is 5.41 Å². The van der Waals surface area contributed by atoms with Crippen molar-refractivity contribution in [3.05, 3.63) is 33.8 Å². The van der Waals surface area contributed by atoms with Crippen LogP contribution in [0.4, 0.5) is 0 Å². The van der Waals surface area contributed by atoms with Gasteiger partial charge in [0.15, 0.2) is 0 Å². The van der Waals surface area contributed by atoms with E-state index in [1.807, 2.05) is 0 Å². The Hall–Kier alpha value is -0.240. The first-order chi connectivity index (χ1) is 7.81. The zero-order valence-electron chi connectivity index (χ0n) is 10.6. The summed E-state index contributed by atoms with van der Waals surface area (Å²) >= 11 is 12.1. The predicted molar refractivity (Wildman–Crippen MR) is 74.7 cm³/mol. The molecule has 0 amide bonds. The third-order valence-electron chi connectivity index (χ3n) is 2.74. The maximum Gasteiger partial charge on any atom is 0.0819 e. The van der Waals surface area contributed by atoms with Gasteiger partial charge >= 0.3 is 0 Å². The highest BCUT2D eigenvalue weighted by Crippen LogP contribution is 2.33. The lowest BCUT2D eigenvalue weighted by Crippen LogP contribution is -2.06. The topological polar surface area (TPSA) is 20.2 Å². The van der Waals surface area contributed by atoms with E-state index in [9.17, 15) is 5.11 Å². The molecule has 1 N–H and O–H groups in total. The molecule has 0 aliphatic heterocycles. The standard InChI is InChI=1S/C14H20Cl2O/c1-14(2,3)9-5-8-12(17)13-10(15)6-4-7-11(13)16/h4,6-7,12,17H,5,8-9H2,1-3H3. The van der Waals surface area contributed by atoms with E-state index in [2.05, 4.69) is 20.8 Å². The van der Waals surface area contributed by atoms with Gasteiger partial charge in [-0.05, 0) is 30.4 Å². The van der Waals surface area contributed by atoms with Crippen molar-refractivity contribution in [1.82, 2.24) is 0 Å². The van der Waals surface area contributed by atoms with Gasteiger partial charge in [-0.15, -0.1) is 0 Å². The molecule has 1 unspecified atom stereocenters. The van der Waals surface area contributed by atoms with Gasteiger partial charge in [0.25, 0.3) is 0 Å². The fourth-order valence-electron chi connectivity index (χ4n) is 1.80. The van der Waals surface area contributed by atoms with E-state index in [1.165, 1.54) is 0 Å². The van der Waals surface area contributed by atoms with E-state index in [-0.39, 0.29) is 0 Å². The van der Waals surface area contributed by atoms with Crippen LogP contribution in [-0.4, -0.2) is 5.11 Å². The lowest BCUT2D eigenvalue weighted by Gasteiger charge is -2.20. The van der Waals surface area contributed by atoms with Gasteiger partial charge < -0.3 is 5.11 Å². The molecule has 0 radical (unpaired) electrons. The van der Waals surface area contributed by atoms with Crippen molar-refractivity contribution in [1.29, 1.82) is 0 Å². The number of hydrogen-bond acceptors (Lipinski definition) is 1. The summed E-state index contributed by atoms with van der Waals surface area (Å²) in [7, 11) is 0. The Morgan fingerprint density at radius 1 is 1.18 bits per heavy atom. The highest BCUT2D eigenvalue weighted by molar-refractivity contribution is 6.36. The molecule has 17 heavy (non-hydrogen) atoms. The van der Waals surface area contributed by atoms with Gasteiger partial charge in [0.1, 0.15) is 0 Å². The van der Waals surface area contributed by atoms with Crippen molar-refractivity contribution < 1.29 is 5.11 Å². The number of hydrogen-bond donors (Lipinski definition) is 1. The highest BCUT2D eigenvalue weighted by atomic mass is 35.5. The van der Waals surface area contributed by atoms with Crippen LogP contribution in [0.2, 0.25) is 10.0 Å².